The second kappa shape index (κ2) is 7.88. The summed E-state index contributed by atoms with van der Waals surface area (Å²) < 4.78 is 11.3. The van der Waals surface area contributed by atoms with Crippen LogP contribution in [0.1, 0.15) is 29.6 Å². The SMILES string of the molecule is C=CC(=O)Nc1ccc(O)c(C(=O)NCC2CC3(CCOCC3)CO2)c1. The van der Waals surface area contributed by atoms with E-state index in [1.165, 1.54) is 18.2 Å². The van der Waals surface area contributed by atoms with Crippen LogP contribution in [0.25, 0.3) is 0 Å². The molecule has 2 aliphatic heterocycles. The zero-order valence-corrected chi connectivity index (χ0v) is 14.6. The van der Waals surface area contributed by atoms with Crippen molar-refractivity contribution in [3.8, 4) is 5.75 Å². The van der Waals surface area contributed by atoms with E-state index in [0.29, 0.717) is 18.8 Å². The second-order valence-corrected chi connectivity index (χ2v) is 6.88. The Balaban J connectivity index is 1.57. The molecule has 0 aromatic heterocycles. The maximum absolute atomic E-state index is 12.4. The number of anilines is 1. The van der Waals surface area contributed by atoms with E-state index in [0.717, 1.165) is 38.6 Å². The summed E-state index contributed by atoms with van der Waals surface area (Å²) in [6.07, 6.45) is 3.98. The molecule has 0 saturated carbocycles. The molecule has 2 amide bonds. The molecule has 0 radical (unpaired) electrons. The van der Waals surface area contributed by atoms with Crippen molar-refractivity contribution < 1.29 is 24.2 Å². The maximum Gasteiger partial charge on any atom is 0.255 e. The average Bonchev–Trinajstić information content (AvgIpc) is 3.04. The number of phenolic OH excluding ortho intramolecular Hbond substituents is 1. The fourth-order valence-corrected chi connectivity index (χ4v) is 3.47. The minimum Gasteiger partial charge on any atom is -0.507 e. The van der Waals surface area contributed by atoms with Crippen LogP contribution in [0.2, 0.25) is 0 Å². The Kier molecular flexibility index (Phi) is 5.58. The summed E-state index contributed by atoms with van der Waals surface area (Å²) in [6, 6.07) is 4.32. The third kappa shape index (κ3) is 4.23. The first-order chi connectivity index (χ1) is 12.5. The van der Waals surface area contributed by atoms with E-state index in [1.807, 2.05) is 0 Å². The number of amides is 2. The largest absolute Gasteiger partial charge is 0.507 e. The highest BCUT2D eigenvalue weighted by molar-refractivity contribution is 6.01. The summed E-state index contributed by atoms with van der Waals surface area (Å²) in [4.78, 5) is 23.8. The summed E-state index contributed by atoms with van der Waals surface area (Å²) in [5.74, 6) is -0.941. The van der Waals surface area contributed by atoms with Gasteiger partial charge in [0.2, 0.25) is 5.91 Å². The first-order valence-electron chi connectivity index (χ1n) is 8.75. The summed E-state index contributed by atoms with van der Waals surface area (Å²) in [5.41, 5.74) is 0.687. The van der Waals surface area contributed by atoms with Gasteiger partial charge in [0.25, 0.3) is 5.91 Å². The minimum atomic E-state index is -0.409. The number of benzene rings is 1. The summed E-state index contributed by atoms with van der Waals surface area (Å²) in [5, 5.41) is 15.3. The second-order valence-electron chi connectivity index (χ2n) is 6.88. The van der Waals surface area contributed by atoms with E-state index in [4.69, 9.17) is 9.47 Å². The molecule has 26 heavy (non-hydrogen) atoms. The van der Waals surface area contributed by atoms with Crippen molar-refractivity contribution in [2.75, 3.05) is 31.7 Å². The predicted octanol–water partition coefficient (Wildman–Crippen LogP) is 1.83. The van der Waals surface area contributed by atoms with Crippen molar-refractivity contribution in [3.63, 3.8) is 0 Å². The zero-order valence-electron chi connectivity index (χ0n) is 14.6. The van der Waals surface area contributed by atoms with E-state index in [1.54, 1.807) is 0 Å². The van der Waals surface area contributed by atoms with E-state index in [-0.39, 0.29) is 28.7 Å². The number of hydrogen-bond acceptors (Lipinski definition) is 5. The fraction of sp³-hybridized carbons (Fsp3) is 0.474. The lowest BCUT2D eigenvalue weighted by Gasteiger charge is -2.31. The number of ether oxygens (including phenoxy) is 2. The molecular weight excluding hydrogens is 336 g/mol. The Labute approximate surface area is 152 Å². The molecule has 3 N–H and O–H groups in total. The molecule has 3 rings (SSSR count). The highest BCUT2D eigenvalue weighted by Crippen LogP contribution is 2.41. The van der Waals surface area contributed by atoms with Crippen LogP contribution in [0, 0.1) is 5.41 Å². The molecule has 2 fully saturated rings. The average molecular weight is 360 g/mol. The number of phenols is 1. The number of rotatable bonds is 5. The van der Waals surface area contributed by atoms with Gasteiger partial charge in [0, 0.05) is 30.9 Å². The van der Waals surface area contributed by atoms with Gasteiger partial charge >= 0.3 is 0 Å². The van der Waals surface area contributed by atoms with E-state index >= 15 is 0 Å². The van der Waals surface area contributed by atoms with Gasteiger partial charge in [-0.25, -0.2) is 0 Å². The Hall–Kier alpha value is -2.38. The van der Waals surface area contributed by atoms with Crippen LogP contribution < -0.4 is 10.6 Å². The van der Waals surface area contributed by atoms with Crippen molar-refractivity contribution >= 4 is 17.5 Å². The van der Waals surface area contributed by atoms with E-state index < -0.39 is 5.91 Å². The number of carbonyl (C=O) groups excluding carboxylic acids is 2. The molecule has 1 aromatic carbocycles. The minimum absolute atomic E-state index is 0.0390. The molecule has 2 aliphatic rings. The van der Waals surface area contributed by atoms with Gasteiger partial charge in [0.15, 0.2) is 0 Å². The topological polar surface area (TPSA) is 96.9 Å². The molecule has 7 heteroatoms. The van der Waals surface area contributed by atoms with Crippen LogP contribution in [0.3, 0.4) is 0 Å². The quantitative estimate of drug-likeness (QED) is 0.550. The van der Waals surface area contributed by atoms with E-state index in [9.17, 15) is 14.7 Å². The molecule has 1 spiro atoms. The monoisotopic (exact) mass is 360 g/mol. The van der Waals surface area contributed by atoms with Crippen molar-refractivity contribution in [2.45, 2.75) is 25.4 Å². The molecule has 1 unspecified atom stereocenters. The third-order valence-corrected chi connectivity index (χ3v) is 5.02. The van der Waals surface area contributed by atoms with Crippen LogP contribution in [0.4, 0.5) is 5.69 Å². The van der Waals surface area contributed by atoms with Crippen molar-refractivity contribution in [2.24, 2.45) is 5.41 Å². The third-order valence-electron chi connectivity index (χ3n) is 5.02. The highest BCUT2D eigenvalue weighted by atomic mass is 16.5. The van der Waals surface area contributed by atoms with Crippen molar-refractivity contribution in [1.29, 1.82) is 0 Å². The van der Waals surface area contributed by atoms with Gasteiger partial charge in [-0.2, -0.15) is 0 Å². The lowest BCUT2D eigenvalue weighted by molar-refractivity contribution is -0.111. The van der Waals surface area contributed by atoms with Crippen LogP contribution in [0.5, 0.6) is 5.75 Å². The highest BCUT2D eigenvalue weighted by Gasteiger charge is 2.41. The molecule has 7 nitrogen and oxygen atoms in total. The summed E-state index contributed by atoms with van der Waals surface area (Å²) in [6.45, 7) is 5.98. The Morgan fingerprint density at radius 1 is 1.35 bits per heavy atom. The van der Waals surface area contributed by atoms with E-state index in [2.05, 4.69) is 17.2 Å². The first kappa shape index (κ1) is 18.4. The molecule has 1 atom stereocenters. The Morgan fingerprint density at radius 2 is 2.12 bits per heavy atom. The summed E-state index contributed by atoms with van der Waals surface area (Å²) in [7, 11) is 0. The van der Waals surface area contributed by atoms with Crippen LogP contribution in [-0.4, -0.2) is 49.4 Å². The van der Waals surface area contributed by atoms with Gasteiger partial charge in [-0.1, -0.05) is 6.58 Å². The Bertz CT molecular complexity index is 697. The maximum atomic E-state index is 12.4. The van der Waals surface area contributed by atoms with Gasteiger partial charge in [-0.15, -0.1) is 0 Å². The standard InChI is InChI=1S/C19H24N2O5/c1-2-17(23)21-13-3-4-16(22)15(9-13)18(24)20-11-14-10-19(12-26-14)5-7-25-8-6-19/h2-4,9,14,22H,1,5-8,10-12H2,(H,20,24)(H,21,23). The molecular formula is C19H24N2O5. The smallest absolute Gasteiger partial charge is 0.255 e. The van der Waals surface area contributed by atoms with Gasteiger partial charge in [0.05, 0.1) is 18.3 Å². The van der Waals surface area contributed by atoms with Gasteiger partial charge < -0.3 is 25.2 Å². The number of nitrogens with one attached hydrogen (secondary N) is 2. The van der Waals surface area contributed by atoms with Crippen LogP contribution >= 0.6 is 0 Å². The van der Waals surface area contributed by atoms with Gasteiger partial charge in [-0.05, 0) is 43.5 Å². The number of hydrogen-bond donors (Lipinski definition) is 3. The predicted molar refractivity (Wildman–Crippen MR) is 96.1 cm³/mol. The molecule has 2 saturated heterocycles. The number of carbonyl (C=O) groups is 2. The Morgan fingerprint density at radius 3 is 2.85 bits per heavy atom. The first-order valence-corrected chi connectivity index (χ1v) is 8.75. The fourth-order valence-electron chi connectivity index (χ4n) is 3.47. The van der Waals surface area contributed by atoms with Gasteiger partial charge in [-0.3, -0.25) is 9.59 Å². The lowest BCUT2D eigenvalue weighted by Crippen LogP contribution is -2.33. The summed E-state index contributed by atoms with van der Waals surface area (Å²) >= 11 is 0. The lowest BCUT2D eigenvalue weighted by atomic mass is 9.78. The molecule has 140 valence electrons. The normalized spacial score (nSPS) is 21.3. The van der Waals surface area contributed by atoms with Gasteiger partial charge in [0.1, 0.15) is 5.75 Å². The number of aromatic hydroxyl groups is 1. The van der Waals surface area contributed by atoms with Crippen LogP contribution in [-0.2, 0) is 14.3 Å². The molecule has 0 bridgehead atoms. The van der Waals surface area contributed by atoms with Crippen LogP contribution in [0.15, 0.2) is 30.9 Å². The van der Waals surface area contributed by atoms with Crippen molar-refractivity contribution in [3.05, 3.63) is 36.4 Å². The zero-order chi connectivity index (χ0) is 18.6. The molecule has 0 aliphatic carbocycles. The molecule has 1 aromatic rings. The molecule has 2 heterocycles. The van der Waals surface area contributed by atoms with Crippen molar-refractivity contribution in [1.82, 2.24) is 5.32 Å².